The van der Waals surface area contributed by atoms with Crippen LogP contribution in [0, 0.1) is 0 Å². The number of rotatable bonds is 2. The Morgan fingerprint density at radius 3 is 2.08 bits per heavy atom. The van der Waals surface area contributed by atoms with Crippen molar-refractivity contribution in [2.45, 2.75) is 0 Å². The number of fused-ring (bicyclic) bond motifs is 4. The molecular weight excluding hydrogens is 320 g/mol. The van der Waals surface area contributed by atoms with Crippen LogP contribution >= 0.6 is 11.3 Å². The van der Waals surface area contributed by atoms with E-state index in [9.17, 15) is 0 Å². The summed E-state index contributed by atoms with van der Waals surface area (Å²) < 4.78 is 1.34. The van der Waals surface area contributed by atoms with Crippen molar-refractivity contribution in [3.8, 4) is 0 Å². The van der Waals surface area contributed by atoms with Gasteiger partial charge in [0.2, 0.25) is 0 Å². The fourth-order valence-corrected chi connectivity index (χ4v) is 4.44. The Labute approximate surface area is 150 Å². The standard InChI is InChI=1S/C24H16S/c1-3-9-21-17(7-1)15-18(22-10-4-5-11-23(21)22)13-14-20-16-19-8-2-6-12-24(19)25-20/h1-16H/b14-13+. The third-order valence-electron chi connectivity index (χ3n) is 4.67. The summed E-state index contributed by atoms with van der Waals surface area (Å²) in [4.78, 5) is 1.29. The largest absolute Gasteiger partial charge is 0.136 e. The van der Waals surface area contributed by atoms with Gasteiger partial charge in [0.25, 0.3) is 0 Å². The molecule has 0 unspecified atom stereocenters. The van der Waals surface area contributed by atoms with Crippen molar-refractivity contribution in [3.05, 3.63) is 95.4 Å². The predicted molar refractivity (Wildman–Crippen MR) is 112 cm³/mol. The molecule has 0 atom stereocenters. The van der Waals surface area contributed by atoms with E-state index in [-0.39, 0.29) is 0 Å². The van der Waals surface area contributed by atoms with Gasteiger partial charge in [-0.1, -0.05) is 72.8 Å². The normalized spacial score (nSPS) is 11.8. The van der Waals surface area contributed by atoms with Crippen LogP contribution < -0.4 is 0 Å². The van der Waals surface area contributed by atoms with Crippen LogP contribution in [0.5, 0.6) is 0 Å². The lowest BCUT2D eigenvalue weighted by molar-refractivity contribution is 1.74. The molecule has 0 spiro atoms. The Morgan fingerprint density at radius 1 is 0.560 bits per heavy atom. The third kappa shape index (κ3) is 2.54. The lowest BCUT2D eigenvalue weighted by atomic mass is 9.97. The van der Waals surface area contributed by atoms with E-state index in [0.29, 0.717) is 0 Å². The highest BCUT2D eigenvalue weighted by Crippen LogP contribution is 2.31. The molecule has 25 heavy (non-hydrogen) atoms. The van der Waals surface area contributed by atoms with Crippen molar-refractivity contribution in [1.82, 2.24) is 0 Å². The molecule has 118 valence electrons. The van der Waals surface area contributed by atoms with Gasteiger partial charge in [-0.05, 0) is 56.8 Å². The van der Waals surface area contributed by atoms with Gasteiger partial charge < -0.3 is 0 Å². The van der Waals surface area contributed by atoms with Crippen molar-refractivity contribution < 1.29 is 0 Å². The average molecular weight is 336 g/mol. The molecule has 0 aliphatic rings. The molecule has 5 aromatic rings. The molecule has 0 saturated carbocycles. The maximum Gasteiger partial charge on any atom is 0.0349 e. The van der Waals surface area contributed by atoms with E-state index >= 15 is 0 Å². The summed E-state index contributed by atoms with van der Waals surface area (Å²) in [5, 5.41) is 6.54. The maximum absolute atomic E-state index is 2.29. The predicted octanol–water partition coefficient (Wildman–Crippen LogP) is 7.38. The summed E-state index contributed by atoms with van der Waals surface area (Å²) in [5.41, 5.74) is 1.27. The zero-order valence-electron chi connectivity index (χ0n) is 13.6. The van der Waals surface area contributed by atoms with Gasteiger partial charge in [-0.2, -0.15) is 0 Å². The van der Waals surface area contributed by atoms with E-state index in [1.54, 1.807) is 0 Å². The molecule has 0 aliphatic heterocycles. The highest BCUT2D eigenvalue weighted by Gasteiger charge is 2.04. The topological polar surface area (TPSA) is 0 Å². The highest BCUT2D eigenvalue weighted by atomic mass is 32.1. The number of benzene rings is 4. The lowest BCUT2D eigenvalue weighted by Crippen LogP contribution is -1.82. The van der Waals surface area contributed by atoms with Gasteiger partial charge in [-0.15, -0.1) is 11.3 Å². The van der Waals surface area contributed by atoms with E-state index in [1.807, 2.05) is 11.3 Å². The van der Waals surface area contributed by atoms with E-state index in [4.69, 9.17) is 0 Å². The lowest BCUT2D eigenvalue weighted by Gasteiger charge is -2.07. The second kappa shape index (κ2) is 5.87. The quantitative estimate of drug-likeness (QED) is 0.295. The van der Waals surface area contributed by atoms with Gasteiger partial charge in [0, 0.05) is 9.58 Å². The summed E-state index contributed by atoms with van der Waals surface area (Å²) >= 11 is 1.84. The minimum Gasteiger partial charge on any atom is -0.136 e. The van der Waals surface area contributed by atoms with Gasteiger partial charge in [-0.25, -0.2) is 0 Å². The van der Waals surface area contributed by atoms with Crippen molar-refractivity contribution >= 4 is 55.1 Å². The Bertz CT molecular complexity index is 1210. The summed E-state index contributed by atoms with van der Waals surface area (Å²) in [7, 11) is 0. The van der Waals surface area contributed by atoms with Crippen LogP contribution in [0.2, 0.25) is 0 Å². The summed E-state index contributed by atoms with van der Waals surface area (Å²) in [6, 6.07) is 30.4. The third-order valence-corrected chi connectivity index (χ3v) is 5.75. The summed E-state index contributed by atoms with van der Waals surface area (Å²) in [6.45, 7) is 0. The molecular formula is C24H16S. The fraction of sp³-hybridized carbons (Fsp3) is 0. The molecule has 0 bridgehead atoms. The van der Waals surface area contributed by atoms with Crippen LogP contribution in [0.1, 0.15) is 10.4 Å². The molecule has 0 aliphatic carbocycles. The molecule has 0 radical (unpaired) electrons. The van der Waals surface area contributed by atoms with Gasteiger partial charge in [-0.3, -0.25) is 0 Å². The first kappa shape index (κ1) is 14.4. The Balaban J connectivity index is 1.68. The minimum absolute atomic E-state index is 1.27. The second-order valence-electron chi connectivity index (χ2n) is 6.25. The fourth-order valence-electron chi connectivity index (χ4n) is 3.48. The van der Waals surface area contributed by atoms with Crippen molar-refractivity contribution in [1.29, 1.82) is 0 Å². The van der Waals surface area contributed by atoms with Crippen LogP contribution in [0.15, 0.2) is 84.9 Å². The number of thiophene rings is 1. The van der Waals surface area contributed by atoms with Gasteiger partial charge in [0.1, 0.15) is 0 Å². The SMILES string of the molecule is C(=C\c1cc2ccccc2c2ccccc12)/c1cc2ccccc2s1. The monoisotopic (exact) mass is 336 g/mol. The Kier molecular flexibility index (Phi) is 3.39. The molecule has 1 aromatic heterocycles. The molecule has 5 rings (SSSR count). The van der Waals surface area contributed by atoms with E-state index < -0.39 is 0 Å². The zero-order valence-corrected chi connectivity index (χ0v) is 14.5. The van der Waals surface area contributed by atoms with Crippen LogP contribution in [-0.2, 0) is 0 Å². The second-order valence-corrected chi connectivity index (χ2v) is 7.37. The van der Waals surface area contributed by atoms with Gasteiger partial charge in [0.15, 0.2) is 0 Å². The summed E-state index contributed by atoms with van der Waals surface area (Å²) in [5.74, 6) is 0. The van der Waals surface area contributed by atoms with E-state index in [2.05, 4.69) is 97.1 Å². The zero-order chi connectivity index (χ0) is 16.6. The van der Waals surface area contributed by atoms with Crippen molar-refractivity contribution in [2.75, 3.05) is 0 Å². The molecule has 0 amide bonds. The van der Waals surface area contributed by atoms with Gasteiger partial charge in [0.05, 0.1) is 0 Å². The average Bonchev–Trinajstić information content (AvgIpc) is 3.09. The first-order valence-electron chi connectivity index (χ1n) is 8.46. The highest BCUT2D eigenvalue weighted by molar-refractivity contribution is 7.19. The van der Waals surface area contributed by atoms with Crippen LogP contribution in [0.25, 0.3) is 43.8 Å². The van der Waals surface area contributed by atoms with Crippen molar-refractivity contribution in [3.63, 3.8) is 0 Å². The Morgan fingerprint density at radius 2 is 1.24 bits per heavy atom. The maximum atomic E-state index is 2.29. The smallest absolute Gasteiger partial charge is 0.0349 e. The van der Waals surface area contributed by atoms with E-state index in [0.717, 1.165) is 0 Å². The summed E-state index contributed by atoms with van der Waals surface area (Å²) in [6.07, 6.45) is 4.49. The van der Waals surface area contributed by atoms with E-state index in [1.165, 1.54) is 42.1 Å². The molecule has 4 aromatic carbocycles. The van der Waals surface area contributed by atoms with Crippen LogP contribution in [-0.4, -0.2) is 0 Å². The molecule has 0 nitrogen and oxygen atoms in total. The molecule has 0 fully saturated rings. The molecule has 1 heteroatoms. The van der Waals surface area contributed by atoms with Crippen LogP contribution in [0.4, 0.5) is 0 Å². The number of hydrogen-bond donors (Lipinski definition) is 0. The first-order chi connectivity index (χ1) is 12.4. The van der Waals surface area contributed by atoms with Gasteiger partial charge >= 0.3 is 0 Å². The number of hydrogen-bond acceptors (Lipinski definition) is 1. The Hall–Kier alpha value is -2.90. The first-order valence-corrected chi connectivity index (χ1v) is 9.27. The molecule has 0 saturated heterocycles. The molecule has 0 N–H and O–H groups in total. The minimum atomic E-state index is 1.27. The van der Waals surface area contributed by atoms with Crippen LogP contribution in [0.3, 0.4) is 0 Å². The molecule has 1 heterocycles. The van der Waals surface area contributed by atoms with Crippen molar-refractivity contribution in [2.24, 2.45) is 0 Å².